The average molecular weight is 193 g/mol. The van der Waals surface area contributed by atoms with Crippen LogP contribution in [0.15, 0.2) is 30.3 Å². The first kappa shape index (κ1) is 10.5. The van der Waals surface area contributed by atoms with E-state index in [9.17, 15) is 0 Å². The quantitative estimate of drug-likeness (QED) is 0.663. The van der Waals surface area contributed by atoms with Crippen LogP contribution in [0.2, 0.25) is 0 Å². The van der Waals surface area contributed by atoms with Crippen molar-refractivity contribution in [3.8, 4) is 0 Å². The molecule has 0 aliphatic heterocycles. The van der Waals surface area contributed by atoms with Gasteiger partial charge < -0.3 is 4.43 Å². The fourth-order valence-electron chi connectivity index (χ4n) is 1.48. The van der Waals surface area contributed by atoms with Crippen molar-refractivity contribution in [1.29, 1.82) is 0 Å². The smallest absolute Gasteiger partial charge is 0.174 e. The molecule has 0 saturated heterocycles. The zero-order valence-electron chi connectivity index (χ0n) is 8.42. The summed E-state index contributed by atoms with van der Waals surface area (Å²) in [4.78, 5) is 0. The molecule has 0 saturated carbocycles. The molecule has 0 aromatic heterocycles. The Balaban J connectivity index is 2.58. The minimum atomic E-state index is 0.239. The molecule has 1 aromatic carbocycles. The van der Waals surface area contributed by atoms with E-state index >= 15 is 0 Å². The summed E-state index contributed by atoms with van der Waals surface area (Å²) < 4.78 is 5.21. The van der Waals surface area contributed by atoms with E-state index in [-0.39, 0.29) is 5.41 Å². The van der Waals surface area contributed by atoms with E-state index in [1.54, 1.807) is 10.5 Å². The molecule has 71 valence electrons. The van der Waals surface area contributed by atoms with Gasteiger partial charge in [0, 0.05) is 6.61 Å². The maximum atomic E-state index is 5.21. The van der Waals surface area contributed by atoms with Crippen LogP contribution in [0.1, 0.15) is 19.4 Å². The zero-order chi connectivity index (χ0) is 9.73. The van der Waals surface area contributed by atoms with E-state index in [0.717, 1.165) is 13.0 Å². The molecule has 0 aliphatic carbocycles. The van der Waals surface area contributed by atoms with Crippen LogP contribution in [0.3, 0.4) is 0 Å². The van der Waals surface area contributed by atoms with Crippen molar-refractivity contribution in [3.05, 3.63) is 35.9 Å². The Labute approximate surface area is 83.7 Å². The third-order valence-corrected chi connectivity index (χ3v) is 2.22. The fourth-order valence-corrected chi connectivity index (χ4v) is 2.03. The van der Waals surface area contributed by atoms with Crippen LogP contribution in [0.4, 0.5) is 0 Å². The summed E-state index contributed by atoms with van der Waals surface area (Å²) in [6.07, 6.45) is 1.08. The van der Waals surface area contributed by atoms with Crippen molar-refractivity contribution in [3.63, 3.8) is 0 Å². The lowest BCUT2D eigenvalue weighted by Crippen LogP contribution is -2.21. The lowest BCUT2D eigenvalue weighted by Gasteiger charge is -2.23. The van der Waals surface area contributed by atoms with Crippen molar-refractivity contribution in [1.82, 2.24) is 0 Å². The Morgan fingerprint density at radius 3 is 2.38 bits per heavy atom. The first-order valence-corrected chi connectivity index (χ1v) is 5.13. The summed E-state index contributed by atoms with van der Waals surface area (Å²) in [5.41, 5.74) is 1.62. The van der Waals surface area contributed by atoms with Crippen LogP contribution in [0.5, 0.6) is 0 Å². The van der Waals surface area contributed by atoms with E-state index in [4.69, 9.17) is 4.43 Å². The number of rotatable bonds is 4. The molecule has 0 aliphatic rings. The van der Waals surface area contributed by atoms with Crippen molar-refractivity contribution in [2.24, 2.45) is 5.41 Å². The molecule has 0 unspecified atom stereocenters. The van der Waals surface area contributed by atoms with Gasteiger partial charge >= 0.3 is 0 Å². The molecule has 1 rings (SSSR count). The van der Waals surface area contributed by atoms with Crippen LogP contribution in [0, 0.1) is 5.41 Å². The molecular weight excluding hydrogens is 176 g/mol. The highest BCUT2D eigenvalue weighted by Gasteiger charge is 2.17. The van der Waals surface area contributed by atoms with E-state index in [1.807, 2.05) is 6.07 Å². The first-order chi connectivity index (χ1) is 6.14. The zero-order valence-corrected chi connectivity index (χ0v) is 9.83. The molecule has 0 bridgehead atoms. The third kappa shape index (κ3) is 3.74. The van der Waals surface area contributed by atoms with Crippen LogP contribution < -0.4 is 0 Å². The molecule has 0 heterocycles. The highest BCUT2D eigenvalue weighted by molar-refractivity contribution is 5.97. The van der Waals surface area contributed by atoms with Crippen LogP contribution in [0.25, 0.3) is 0 Å². The Bertz CT molecular complexity index is 244. The van der Waals surface area contributed by atoms with Gasteiger partial charge in [0.2, 0.25) is 0 Å². The summed E-state index contributed by atoms with van der Waals surface area (Å²) in [5.74, 6) is 0. The normalized spacial score (nSPS) is 11.6. The highest BCUT2D eigenvalue weighted by Crippen LogP contribution is 2.21. The molecular formula is C11H17OSi. The SMILES string of the molecule is CC(C)(CO[SiH2])Cc1ccccc1. The van der Waals surface area contributed by atoms with E-state index in [1.165, 1.54) is 5.56 Å². The van der Waals surface area contributed by atoms with Crippen molar-refractivity contribution in [2.45, 2.75) is 20.3 Å². The van der Waals surface area contributed by atoms with Crippen LogP contribution >= 0.6 is 0 Å². The van der Waals surface area contributed by atoms with Gasteiger partial charge in [0.05, 0.1) is 0 Å². The van der Waals surface area contributed by atoms with Gasteiger partial charge in [0.15, 0.2) is 10.5 Å². The molecule has 1 radical (unpaired) electrons. The number of hydrogen-bond acceptors (Lipinski definition) is 1. The van der Waals surface area contributed by atoms with E-state index < -0.39 is 0 Å². The van der Waals surface area contributed by atoms with Gasteiger partial charge in [-0.1, -0.05) is 44.2 Å². The second kappa shape index (κ2) is 4.58. The van der Waals surface area contributed by atoms with E-state index in [0.29, 0.717) is 0 Å². The van der Waals surface area contributed by atoms with E-state index in [2.05, 4.69) is 38.1 Å². The van der Waals surface area contributed by atoms with Crippen molar-refractivity contribution >= 4 is 10.5 Å². The second-order valence-corrected chi connectivity index (χ2v) is 4.58. The summed E-state index contributed by atoms with van der Waals surface area (Å²) in [6.45, 7) is 5.28. The van der Waals surface area contributed by atoms with Gasteiger partial charge in [0.25, 0.3) is 0 Å². The summed E-state index contributed by atoms with van der Waals surface area (Å²) in [7, 11) is 1.57. The van der Waals surface area contributed by atoms with Gasteiger partial charge in [-0.05, 0) is 17.4 Å². The Hall–Kier alpha value is -0.603. The second-order valence-electron chi connectivity index (χ2n) is 4.18. The van der Waals surface area contributed by atoms with Gasteiger partial charge in [0.1, 0.15) is 0 Å². The Morgan fingerprint density at radius 1 is 1.23 bits per heavy atom. The van der Waals surface area contributed by atoms with Gasteiger partial charge in [-0.15, -0.1) is 0 Å². The fraction of sp³-hybridized carbons (Fsp3) is 0.455. The molecule has 13 heavy (non-hydrogen) atoms. The minimum absolute atomic E-state index is 0.239. The molecule has 0 amide bonds. The molecule has 2 heteroatoms. The number of benzene rings is 1. The Morgan fingerprint density at radius 2 is 1.85 bits per heavy atom. The average Bonchev–Trinajstić information content (AvgIpc) is 2.04. The summed E-state index contributed by atoms with van der Waals surface area (Å²) in [5, 5.41) is 0. The molecule has 0 N–H and O–H groups in total. The third-order valence-electron chi connectivity index (χ3n) is 2.02. The van der Waals surface area contributed by atoms with Crippen LogP contribution in [-0.4, -0.2) is 17.1 Å². The lowest BCUT2D eigenvalue weighted by atomic mass is 9.87. The van der Waals surface area contributed by atoms with Crippen molar-refractivity contribution < 1.29 is 4.43 Å². The molecule has 0 atom stereocenters. The van der Waals surface area contributed by atoms with Crippen LogP contribution in [-0.2, 0) is 10.8 Å². The summed E-state index contributed by atoms with van der Waals surface area (Å²) >= 11 is 0. The molecule has 1 aromatic rings. The first-order valence-electron chi connectivity index (χ1n) is 4.55. The minimum Gasteiger partial charge on any atom is -0.425 e. The molecule has 0 spiro atoms. The Kier molecular flexibility index (Phi) is 3.69. The standard InChI is InChI=1S/C11H17OSi/c1-11(2,9-12-13)8-10-6-4-3-5-7-10/h3-7H,8-9,13H2,1-2H3. The van der Waals surface area contributed by atoms with Crippen molar-refractivity contribution in [2.75, 3.05) is 6.61 Å². The topological polar surface area (TPSA) is 9.23 Å². The lowest BCUT2D eigenvalue weighted by molar-refractivity contribution is 0.193. The molecule has 0 fully saturated rings. The van der Waals surface area contributed by atoms with Gasteiger partial charge in [-0.3, -0.25) is 0 Å². The molecule has 1 nitrogen and oxygen atoms in total. The monoisotopic (exact) mass is 193 g/mol. The predicted molar refractivity (Wildman–Crippen MR) is 58.4 cm³/mol. The number of hydrogen-bond donors (Lipinski definition) is 0. The maximum absolute atomic E-state index is 5.21. The largest absolute Gasteiger partial charge is 0.425 e. The highest BCUT2D eigenvalue weighted by atomic mass is 28.2. The maximum Gasteiger partial charge on any atom is 0.174 e. The summed E-state index contributed by atoms with van der Waals surface area (Å²) in [6, 6.07) is 10.5. The van der Waals surface area contributed by atoms with Gasteiger partial charge in [-0.2, -0.15) is 0 Å². The van der Waals surface area contributed by atoms with Gasteiger partial charge in [-0.25, -0.2) is 0 Å². The predicted octanol–water partition coefficient (Wildman–Crippen LogP) is 1.82.